The fourth-order valence-electron chi connectivity index (χ4n) is 2.76. The second-order valence-electron chi connectivity index (χ2n) is 5.46. The first-order valence-corrected chi connectivity index (χ1v) is 8.24. The molecular formula is C17H20BrN3. The molecule has 0 unspecified atom stereocenters. The van der Waals surface area contributed by atoms with Crippen LogP contribution in [0.25, 0.3) is 0 Å². The molecule has 2 aromatic rings. The molecule has 1 aliphatic heterocycles. The van der Waals surface area contributed by atoms with Gasteiger partial charge in [0.1, 0.15) is 5.82 Å². The van der Waals surface area contributed by atoms with Crippen LogP contribution in [-0.2, 0) is 6.54 Å². The first-order valence-electron chi connectivity index (χ1n) is 7.45. The molecule has 1 aromatic carbocycles. The molecule has 0 aliphatic carbocycles. The van der Waals surface area contributed by atoms with Crippen molar-refractivity contribution >= 4 is 21.7 Å². The van der Waals surface area contributed by atoms with Crippen LogP contribution in [0.5, 0.6) is 0 Å². The number of halogens is 1. The number of nitrogens with zero attached hydrogens (tertiary/aromatic N) is 2. The molecule has 21 heavy (non-hydrogen) atoms. The molecule has 2 heterocycles. The number of hydrogen-bond acceptors (Lipinski definition) is 3. The van der Waals surface area contributed by atoms with E-state index in [2.05, 4.69) is 67.5 Å². The third-order valence-electron chi connectivity index (χ3n) is 3.95. The van der Waals surface area contributed by atoms with Gasteiger partial charge in [-0.3, -0.25) is 0 Å². The van der Waals surface area contributed by atoms with Crippen LogP contribution in [0.1, 0.15) is 18.4 Å². The number of pyridine rings is 1. The predicted octanol–water partition coefficient (Wildman–Crippen LogP) is 3.60. The average Bonchev–Trinajstić information content (AvgIpc) is 2.54. The molecule has 3 rings (SSSR count). The zero-order valence-corrected chi connectivity index (χ0v) is 13.6. The van der Waals surface area contributed by atoms with Crippen molar-refractivity contribution < 1.29 is 0 Å². The Morgan fingerprint density at radius 2 is 2.00 bits per heavy atom. The summed E-state index contributed by atoms with van der Waals surface area (Å²) in [5, 5.41) is 3.67. The largest absolute Gasteiger partial charge is 0.357 e. The fourth-order valence-corrected chi connectivity index (χ4v) is 3.21. The lowest BCUT2D eigenvalue weighted by molar-refractivity contribution is 0.413. The number of nitrogens with one attached hydrogen (secondary N) is 1. The van der Waals surface area contributed by atoms with Crippen LogP contribution in [0.3, 0.4) is 0 Å². The third-order valence-corrected chi connectivity index (χ3v) is 4.45. The molecule has 110 valence electrons. The molecule has 0 radical (unpaired) electrons. The minimum absolute atomic E-state index is 0.601. The Hall–Kier alpha value is -1.39. The number of aromatic nitrogens is 1. The van der Waals surface area contributed by atoms with E-state index in [1.807, 2.05) is 12.3 Å². The Labute approximate surface area is 134 Å². The van der Waals surface area contributed by atoms with Crippen molar-refractivity contribution in [1.29, 1.82) is 0 Å². The predicted molar refractivity (Wildman–Crippen MR) is 90.5 cm³/mol. The Kier molecular flexibility index (Phi) is 4.88. The summed E-state index contributed by atoms with van der Waals surface area (Å²) in [6.45, 7) is 3.09. The number of anilines is 1. The minimum atomic E-state index is 0.601. The maximum atomic E-state index is 4.43. The number of rotatable bonds is 4. The monoisotopic (exact) mass is 345 g/mol. The number of hydrogen-bond donors (Lipinski definition) is 1. The van der Waals surface area contributed by atoms with E-state index in [-0.39, 0.29) is 0 Å². The molecule has 1 aliphatic rings. The summed E-state index contributed by atoms with van der Waals surface area (Å²) in [4.78, 5) is 6.80. The van der Waals surface area contributed by atoms with Crippen LogP contribution in [0.2, 0.25) is 0 Å². The van der Waals surface area contributed by atoms with Gasteiger partial charge in [0.15, 0.2) is 0 Å². The van der Waals surface area contributed by atoms with E-state index in [0.29, 0.717) is 6.04 Å². The Morgan fingerprint density at radius 1 is 1.14 bits per heavy atom. The van der Waals surface area contributed by atoms with E-state index in [1.165, 1.54) is 18.4 Å². The highest BCUT2D eigenvalue weighted by Crippen LogP contribution is 2.18. The van der Waals surface area contributed by atoms with Crippen molar-refractivity contribution in [3.05, 3.63) is 58.7 Å². The summed E-state index contributed by atoms with van der Waals surface area (Å²) in [6, 6.07) is 15.2. The lowest BCUT2D eigenvalue weighted by Crippen LogP contribution is -2.42. The first-order chi connectivity index (χ1) is 10.3. The quantitative estimate of drug-likeness (QED) is 0.917. The van der Waals surface area contributed by atoms with Crippen LogP contribution in [0.4, 0.5) is 5.82 Å². The number of benzene rings is 1. The molecule has 0 saturated carbocycles. The summed E-state index contributed by atoms with van der Waals surface area (Å²) in [5.41, 5.74) is 1.33. The third kappa shape index (κ3) is 4.05. The second-order valence-corrected chi connectivity index (χ2v) is 6.38. The minimum Gasteiger partial charge on any atom is -0.357 e. The van der Waals surface area contributed by atoms with Crippen LogP contribution < -0.4 is 10.2 Å². The van der Waals surface area contributed by atoms with Gasteiger partial charge in [-0.05, 0) is 42.7 Å². The highest BCUT2D eigenvalue weighted by atomic mass is 79.9. The molecular weight excluding hydrogens is 326 g/mol. The summed E-state index contributed by atoms with van der Waals surface area (Å²) in [6.07, 6.45) is 4.21. The molecule has 4 heteroatoms. The van der Waals surface area contributed by atoms with Crippen LogP contribution in [0.15, 0.2) is 53.1 Å². The van der Waals surface area contributed by atoms with E-state index >= 15 is 0 Å². The molecule has 0 spiro atoms. The maximum absolute atomic E-state index is 4.43. The SMILES string of the molecule is Brc1cccc(CNC2CCN(c3ccccn3)CC2)c1. The van der Waals surface area contributed by atoms with Gasteiger partial charge in [0.25, 0.3) is 0 Å². The van der Waals surface area contributed by atoms with E-state index in [9.17, 15) is 0 Å². The Bertz CT molecular complexity index is 565. The first kappa shape index (κ1) is 14.5. The zero-order valence-electron chi connectivity index (χ0n) is 12.0. The summed E-state index contributed by atoms with van der Waals surface area (Å²) < 4.78 is 1.15. The summed E-state index contributed by atoms with van der Waals surface area (Å²) >= 11 is 3.52. The lowest BCUT2D eigenvalue weighted by Gasteiger charge is -2.33. The number of piperidine rings is 1. The average molecular weight is 346 g/mol. The molecule has 1 saturated heterocycles. The van der Waals surface area contributed by atoms with Gasteiger partial charge in [-0.15, -0.1) is 0 Å². The molecule has 1 aromatic heterocycles. The van der Waals surface area contributed by atoms with Crippen molar-refractivity contribution in [2.75, 3.05) is 18.0 Å². The van der Waals surface area contributed by atoms with Crippen molar-refractivity contribution in [1.82, 2.24) is 10.3 Å². The van der Waals surface area contributed by atoms with Gasteiger partial charge in [0.05, 0.1) is 0 Å². The van der Waals surface area contributed by atoms with E-state index < -0.39 is 0 Å². The van der Waals surface area contributed by atoms with Gasteiger partial charge in [-0.2, -0.15) is 0 Å². The van der Waals surface area contributed by atoms with Crippen molar-refractivity contribution in [3.8, 4) is 0 Å². The summed E-state index contributed by atoms with van der Waals surface area (Å²) in [7, 11) is 0. The van der Waals surface area contributed by atoms with Gasteiger partial charge in [0, 0.05) is 36.3 Å². The molecule has 0 atom stereocenters. The maximum Gasteiger partial charge on any atom is 0.128 e. The standard InChI is InChI=1S/C17H20BrN3/c18-15-5-3-4-14(12-15)13-20-16-7-10-21(11-8-16)17-6-1-2-9-19-17/h1-6,9,12,16,20H,7-8,10-11,13H2. The van der Waals surface area contributed by atoms with Gasteiger partial charge in [-0.1, -0.05) is 34.1 Å². The molecule has 0 bridgehead atoms. The van der Waals surface area contributed by atoms with E-state index in [1.54, 1.807) is 0 Å². The Balaban J connectivity index is 1.48. The van der Waals surface area contributed by atoms with Crippen molar-refractivity contribution in [2.45, 2.75) is 25.4 Å². The molecule has 0 amide bonds. The highest BCUT2D eigenvalue weighted by Gasteiger charge is 2.19. The van der Waals surface area contributed by atoms with Gasteiger partial charge in [0.2, 0.25) is 0 Å². The van der Waals surface area contributed by atoms with Gasteiger partial charge >= 0.3 is 0 Å². The summed E-state index contributed by atoms with van der Waals surface area (Å²) in [5.74, 6) is 1.10. The van der Waals surface area contributed by atoms with Crippen molar-refractivity contribution in [3.63, 3.8) is 0 Å². The van der Waals surface area contributed by atoms with Crippen molar-refractivity contribution in [2.24, 2.45) is 0 Å². The van der Waals surface area contributed by atoms with Gasteiger partial charge in [-0.25, -0.2) is 4.98 Å². The molecule has 1 N–H and O–H groups in total. The van der Waals surface area contributed by atoms with Crippen LogP contribution in [0, 0.1) is 0 Å². The lowest BCUT2D eigenvalue weighted by atomic mass is 10.0. The molecule has 3 nitrogen and oxygen atoms in total. The normalized spacial score (nSPS) is 16.1. The topological polar surface area (TPSA) is 28.2 Å². The fraction of sp³-hybridized carbons (Fsp3) is 0.353. The molecule has 1 fully saturated rings. The Morgan fingerprint density at radius 3 is 2.71 bits per heavy atom. The van der Waals surface area contributed by atoms with Crippen LogP contribution >= 0.6 is 15.9 Å². The van der Waals surface area contributed by atoms with Gasteiger partial charge < -0.3 is 10.2 Å². The zero-order chi connectivity index (χ0) is 14.5. The van der Waals surface area contributed by atoms with E-state index in [4.69, 9.17) is 0 Å². The van der Waals surface area contributed by atoms with E-state index in [0.717, 1.165) is 29.9 Å². The van der Waals surface area contributed by atoms with Crippen LogP contribution in [-0.4, -0.2) is 24.1 Å². The highest BCUT2D eigenvalue weighted by molar-refractivity contribution is 9.10. The second kappa shape index (κ2) is 7.05. The smallest absolute Gasteiger partial charge is 0.128 e.